The fourth-order valence-corrected chi connectivity index (χ4v) is 2.19. The minimum atomic E-state index is -0.395. The van der Waals surface area contributed by atoms with Crippen LogP contribution in [0.4, 0.5) is 0 Å². The van der Waals surface area contributed by atoms with Gasteiger partial charge in [0.15, 0.2) is 5.11 Å². The van der Waals surface area contributed by atoms with Gasteiger partial charge in [-0.25, -0.2) is 0 Å². The Balaban J connectivity index is 1.79. The molecule has 0 bridgehead atoms. The molecular formula is C19H20N4O2S. The quantitative estimate of drug-likeness (QED) is 0.439. The number of hydrogen-bond acceptors (Lipinski definition) is 4. The molecule has 1 aromatic heterocycles. The van der Waals surface area contributed by atoms with Gasteiger partial charge in [-0.3, -0.25) is 30.7 Å². The molecule has 0 saturated heterocycles. The Morgan fingerprint density at radius 2 is 1.69 bits per heavy atom. The first kappa shape index (κ1) is 19.3. The van der Waals surface area contributed by atoms with E-state index in [0.29, 0.717) is 11.5 Å². The number of thiocarbonyl (C=S) groups is 1. The molecular weight excluding hydrogens is 348 g/mol. The molecule has 2 aromatic rings. The summed E-state index contributed by atoms with van der Waals surface area (Å²) in [4.78, 5) is 27.5. The van der Waals surface area contributed by atoms with Crippen LogP contribution >= 0.6 is 12.2 Å². The van der Waals surface area contributed by atoms with Gasteiger partial charge in [-0.05, 0) is 47.5 Å². The fraction of sp³-hybridized carbons (Fsp3) is 0.158. The normalized spacial score (nSPS) is 10.6. The molecule has 0 atom stereocenters. The molecule has 2 amide bonds. The third kappa shape index (κ3) is 6.10. The minimum absolute atomic E-state index is 0.00258. The number of rotatable bonds is 4. The molecule has 1 heterocycles. The van der Waals surface area contributed by atoms with Crippen LogP contribution in [0.15, 0.2) is 54.9 Å². The zero-order valence-corrected chi connectivity index (χ0v) is 15.3. The molecule has 134 valence electrons. The van der Waals surface area contributed by atoms with Gasteiger partial charge in [0.25, 0.3) is 5.91 Å². The summed E-state index contributed by atoms with van der Waals surface area (Å²) in [6, 6.07) is 11.1. The molecule has 0 unspecified atom stereocenters. The first-order chi connectivity index (χ1) is 12.5. The SMILES string of the molecule is CC(C)c1ccc(/C=C/C(=O)NC(=S)NNC(=O)c2ccncc2)cc1. The van der Waals surface area contributed by atoms with E-state index in [4.69, 9.17) is 12.2 Å². The zero-order chi connectivity index (χ0) is 18.9. The first-order valence-electron chi connectivity index (χ1n) is 8.05. The number of carbonyl (C=O) groups is 2. The van der Waals surface area contributed by atoms with Crippen LogP contribution in [0.25, 0.3) is 6.08 Å². The Hall–Kier alpha value is -3.06. The van der Waals surface area contributed by atoms with Crippen LogP contribution < -0.4 is 16.2 Å². The van der Waals surface area contributed by atoms with Gasteiger partial charge in [-0.2, -0.15) is 0 Å². The van der Waals surface area contributed by atoms with Gasteiger partial charge in [-0.1, -0.05) is 38.1 Å². The van der Waals surface area contributed by atoms with E-state index in [9.17, 15) is 9.59 Å². The van der Waals surface area contributed by atoms with Crippen molar-refractivity contribution in [1.82, 2.24) is 21.2 Å². The summed E-state index contributed by atoms with van der Waals surface area (Å²) >= 11 is 4.97. The summed E-state index contributed by atoms with van der Waals surface area (Å²) in [6.07, 6.45) is 6.08. The number of hydrazine groups is 1. The summed E-state index contributed by atoms with van der Waals surface area (Å²) < 4.78 is 0. The maximum Gasteiger partial charge on any atom is 0.269 e. The Bertz CT molecular complexity index is 802. The van der Waals surface area contributed by atoms with Crippen LogP contribution in [0.2, 0.25) is 0 Å². The number of nitrogens with one attached hydrogen (secondary N) is 3. The van der Waals surface area contributed by atoms with Crippen molar-refractivity contribution < 1.29 is 9.59 Å². The van der Waals surface area contributed by atoms with E-state index >= 15 is 0 Å². The highest BCUT2D eigenvalue weighted by atomic mass is 32.1. The van der Waals surface area contributed by atoms with E-state index in [0.717, 1.165) is 5.56 Å². The van der Waals surface area contributed by atoms with E-state index in [1.165, 1.54) is 24.0 Å². The van der Waals surface area contributed by atoms with E-state index in [1.807, 2.05) is 24.3 Å². The standard InChI is InChI=1S/C19H20N4O2S/c1-13(2)15-6-3-14(4-7-15)5-8-17(24)21-19(26)23-22-18(25)16-9-11-20-12-10-16/h3-13H,1-2H3,(H,22,25)(H2,21,23,24,26)/b8-5+. The molecule has 2 rings (SSSR count). The molecule has 6 nitrogen and oxygen atoms in total. The van der Waals surface area contributed by atoms with Gasteiger partial charge in [-0.15, -0.1) is 0 Å². The number of pyridine rings is 1. The number of benzene rings is 1. The van der Waals surface area contributed by atoms with E-state index in [1.54, 1.807) is 18.2 Å². The van der Waals surface area contributed by atoms with Gasteiger partial charge in [0, 0.05) is 24.0 Å². The second kappa shape index (κ2) is 9.43. The van der Waals surface area contributed by atoms with Gasteiger partial charge in [0.1, 0.15) is 0 Å². The van der Waals surface area contributed by atoms with Crippen molar-refractivity contribution in [3.05, 3.63) is 71.6 Å². The Labute approximate surface area is 157 Å². The van der Waals surface area contributed by atoms with E-state index < -0.39 is 5.91 Å². The molecule has 0 spiro atoms. The molecule has 3 N–H and O–H groups in total. The van der Waals surface area contributed by atoms with Gasteiger partial charge >= 0.3 is 0 Å². The van der Waals surface area contributed by atoms with Crippen LogP contribution in [0.5, 0.6) is 0 Å². The molecule has 0 aliphatic heterocycles. The lowest BCUT2D eigenvalue weighted by atomic mass is 10.0. The van der Waals surface area contributed by atoms with Crippen molar-refractivity contribution in [3.63, 3.8) is 0 Å². The maximum atomic E-state index is 11.9. The molecule has 7 heteroatoms. The lowest BCUT2D eigenvalue weighted by Crippen LogP contribution is -2.48. The van der Waals surface area contributed by atoms with E-state index in [2.05, 4.69) is 35.0 Å². The van der Waals surface area contributed by atoms with Crippen LogP contribution in [0, 0.1) is 0 Å². The zero-order valence-electron chi connectivity index (χ0n) is 14.5. The average molecular weight is 368 g/mol. The third-order valence-corrected chi connectivity index (χ3v) is 3.70. The smallest absolute Gasteiger partial charge is 0.269 e. The number of aromatic nitrogens is 1. The second-order valence-corrected chi connectivity index (χ2v) is 6.20. The average Bonchev–Trinajstić information content (AvgIpc) is 2.65. The third-order valence-electron chi connectivity index (χ3n) is 3.50. The van der Waals surface area contributed by atoms with Crippen molar-refractivity contribution >= 4 is 35.2 Å². The van der Waals surface area contributed by atoms with Gasteiger partial charge in [0.05, 0.1) is 0 Å². The highest BCUT2D eigenvalue weighted by Gasteiger charge is 2.06. The van der Waals surface area contributed by atoms with Crippen molar-refractivity contribution in [2.45, 2.75) is 19.8 Å². The van der Waals surface area contributed by atoms with Crippen LogP contribution in [0.3, 0.4) is 0 Å². The largest absolute Gasteiger partial charge is 0.298 e. The van der Waals surface area contributed by atoms with Crippen molar-refractivity contribution in [2.75, 3.05) is 0 Å². The Morgan fingerprint density at radius 3 is 2.31 bits per heavy atom. The predicted molar refractivity (Wildman–Crippen MR) is 105 cm³/mol. The van der Waals surface area contributed by atoms with Crippen LogP contribution in [-0.2, 0) is 4.79 Å². The summed E-state index contributed by atoms with van der Waals surface area (Å²) in [5, 5.41) is 2.45. The highest BCUT2D eigenvalue weighted by Crippen LogP contribution is 2.15. The molecule has 0 aliphatic rings. The van der Waals surface area contributed by atoms with Crippen LogP contribution in [-0.4, -0.2) is 21.9 Å². The second-order valence-electron chi connectivity index (χ2n) is 5.79. The molecule has 0 saturated carbocycles. The topological polar surface area (TPSA) is 83.1 Å². The molecule has 0 aliphatic carbocycles. The number of carbonyl (C=O) groups excluding carboxylic acids is 2. The Morgan fingerprint density at radius 1 is 1.04 bits per heavy atom. The van der Waals surface area contributed by atoms with E-state index in [-0.39, 0.29) is 11.0 Å². The summed E-state index contributed by atoms with van der Waals surface area (Å²) in [5.74, 6) is -0.319. The molecule has 26 heavy (non-hydrogen) atoms. The number of hydrogen-bond donors (Lipinski definition) is 3. The van der Waals surface area contributed by atoms with Crippen LogP contribution in [0.1, 0.15) is 41.3 Å². The lowest BCUT2D eigenvalue weighted by Gasteiger charge is -2.09. The Kier molecular flexibility index (Phi) is 6.99. The summed E-state index contributed by atoms with van der Waals surface area (Å²) in [5.41, 5.74) is 7.45. The predicted octanol–water partition coefficient (Wildman–Crippen LogP) is 2.55. The number of amides is 2. The monoisotopic (exact) mass is 368 g/mol. The summed E-state index contributed by atoms with van der Waals surface area (Å²) in [6.45, 7) is 4.25. The maximum absolute atomic E-state index is 11.9. The van der Waals surface area contributed by atoms with Gasteiger partial charge in [0.2, 0.25) is 5.91 Å². The van der Waals surface area contributed by atoms with Crippen molar-refractivity contribution in [3.8, 4) is 0 Å². The van der Waals surface area contributed by atoms with Crippen molar-refractivity contribution in [2.24, 2.45) is 0 Å². The molecule has 1 aromatic carbocycles. The molecule has 0 radical (unpaired) electrons. The fourth-order valence-electron chi connectivity index (χ4n) is 2.04. The molecule has 0 fully saturated rings. The first-order valence-corrected chi connectivity index (χ1v) is 8.46. The minimum Gasteiger partial charge on any atom is -0.298 e. The highest BCUT2D eigenvalue weighted by molar-refractivity contribution is 7.80. The van der Waals surface area contributed by atoms with Gasteiger partial charge < -0.3 is 0 Å². The summed E-state index contributed by atoms with van der Waals surface area (Å²) in [7, 11) is 0. The number of nitrogens with zero attached hydrogens (tertiary/aromatic N) is 1. The van der Waals surface area contributed by atoms with Crippen molar-refractivity contribution in [1.29, 1.82) is 0 Å². The lowest BCUT2D eigenvalue weighted by molar-refractivity contribution is -0.115.